The lowest BCUT2D eigenvalue weighted by Crippen LogP contribution is -2.59. The van der Waals surface area contributed by atoms with Crippen LogP contribution in [0.2, 0.25) is 0 Å². The van der Waals surface area contributed by atoms with E-state index in [1.165, 1.54) is 105 Å². The maximum Gasteiger partial charge on any atom is 0.0728 e. The fraction of sp³-hybridized carbons (Fsp3) is 0.610. The largest absolute Gasteiger partial charge is 0.305 e. The number of aromatic nitrogens is 3. The molecule has 44 heavy (non-hydrogen) atoms. The molecule has 3 heteroatoms. The molecule has 8 aliphatic carbocycles. The van der Waals surface area contributed by atoms with Crippen molar-refractivity contribution >= 4 is 38.1 Å². The van der Waals surface area contributed by atoms with Crippen molar-refractivity contribution in [2.24, 2.45) is 29.1 Å². The molecule has 5 aromatic rings. The van der Waals surface area contributed by atoms with E-state index in [4.69, 9.17) is 9.97 Å². The minimum absolute atomic E-state index is 0.230. The van der Waals surface area contributed by atoms with Crippen molar-refractivity contribution in [3.63, 3.8) is 0 Å². The van der Waals surface area contributed by atoms with Crippen LogP contribution in [0.15, 0.2) is 24.5 Å². The normalized spacial score (nSPS) is 37.4. The highest BCUT2D eigenvalue weighted by atomic mass is 15.0. The van der Waals surface area contributed by atoms with Crippen molar-refractivity contribution in [3.05, 3.63) is 52.6 Å². The molecule has 7 unspecified atom stereocenters. The lowest BCUT2D eigenvalue weighted by molar-refractivity contribution is -0.147. The van der Waals surface area contributed by atoms with Crippen LogP contribution in [0.4, 0.5) is 0 Å². The number of hydrogen-bond donors (Lipinski definition) is 0. The van der Waals surface area contributed by atoms with E-state index in [0.29, 0.717) is 23.2 Å². The first-order valence-electron chi connectivity index (χ1n) is 18.6. The zero-order valence-electron chi connectivity index (χ0n) is 26.8. The van der Waals surface area contributed by atoms with Gasteiger partial charge in [-0.05, 0) is 152 Å². The van der Waals surface area contributed by atoms with E-state index in [2.05, 4.69) is 49.7 Å². The number of rotatable bonds is 4. The molecular formula is C41H45N3. The Morgan fingerprint density at radius 1 is 0.705 bits per heavy atom. The van der Waals surface area contributed by atoms with Crippen LogP contribution in [-0.4, -0.2) is 14.4 Å². The van der Waals surface area contributed by atoms with Gasteiger partial charge in [0.05, 0.1) is 28.9 Å². The van der Waals surface area contributed by atoms with Gasteiger partial charge in [-0.1, -0.05) is 20.8 Å². The van der Waals surface area contributed by atoms with Crippen LogP contribution in [0.5, 0.6) is 0 Å². The van der Waals surface area contributed by atoms with Gasteiger partial charge in [0.2, 0.25) is 0 Å². The first-order valence-corrected chi connectivity index (χ1v) is 18.6. The van der Waals surface area contributed by atoms with E-state index in [9.17, 15) is 0 Å². The second-order valence-electron chi connectivity index (χ2n) is 17.2. The van der Waals surface area contributed by atoms with Crippen LogP contribution in [0.1, 0.15) is 150 Å². The van der Waals surface area contributed by atoms with Crippen molar-refractivity contribution in [1.29, 1.82) is 0 Å². The third kappa shape index (κ3) is 2.46. The molecular weight excluding hydrogens is 534 g/mol. The number of fused-ring (bicyclic) bond motifs is 11. The first-order chi connectivity index (χ1) is 21.6. The maximum atomic E-state index is 5.47. The van der Waals surface area contributed by atoms with Crippen molar-refractivity contribution in [3.8, 4) is 0 Å². The average molecular weight is 580 g/mol. The molecule has 1 spiro atoms. The predicted octanol–water partition coefficient (Wildman–Crippen LogP) is 10.5. The highest BCUT2D eigenvalue weighted by Gasteiger charge is 2.72. The van der Waals surface area contributed by atoms with Crippen molar-refractivity contribution in [2.45, 2.75) is 127 Å². The molecule has 4 aromatic heterocycles. The second-order valence-corrected chi connectivity index (χ2v) is 17.2. The van der Waals surface area contributed by atoms with Crippen LogP contribution in [-0.2, 0) is 5.41 Å². The van der Waals surface area contributed by atoms with Crippen LogP contribution < -0.4 is 0 Å². The van der Waals surface area contributed by atoms with E-state index in [0.717, 1.165) is 29.6 Å². The van der Waals surface area contributed by atoms with E-state index in [1.54, 1.807) is 38.2 Å². The molecule has 13 rings (SSSR count). The van der Waals surface area contributed by atoms with Crippen molar-refractivity contribution < 1.29 is 0 Å². The Bertz CT molecular complexity index is 2070. The highest BCUT2D eigenvalue weighted by molar-refractivity contribution is 6.25. The fourth-order valence-electron chi connectivity index (χ4n) is 14.4. The zero-order chi connectivity index (χ0) is 28.9. The molecule has 224 valence electrons. The summed E-state index contributed by atoms with van der Waals surface area (Å²) in [5, 5.41) is 6.24. The lowest BCUT2D eigenvalue weighted by atomic mass is 9.37. The molecule has 8 aliphatic rings. The topological polar surface area (TPSA) is 30.2 Å². The minimum atomic E-state index is 0.230. The van der Waals surface area contributed by atoms with Gasteiger partial charge in [-0.2, -0.15) is 0 Å². The molecule has 6 bridgehead atoms. The third-order valence-corrected chi connectivity index (χ3v) is 16.3. The molecule has 0 radical (unpaired) electrons. The number of benzene rings is 1. The molecule has 5 saturated carbocycles. The molecule has 0 N–H and O–H groups in total. The van der Waals surface area contributed by atoms with Gasteiger partial charge in [0, 0.05) is 44.8 Å². The van der Waals surface area contributed by atoms with Crippen molar-refractivity contribution in [2.75, 3.05) is 0 Å². The monoisotopic (exact) mass is 579 g/mol. The predicted molar refractivity (Wildman–Crippen MR) is 178 cm³/mol. The number of nitrogens with zero attached hydrogens (tertiary/aromatic N) is 3. The Morgan fingerprint density at radius 2 is 1.32 bits per heavy atom. The van der Waals surface area contributed by atoms with Gasteiger partial charge in [-0.15, -0.1) is 0 Å². The van der Waals surface area contributed by atoms with Gasteiger partial charge in [-0.3, -0.25) is 9.97 Å². The molecule has 0 amide bonds. The van der Waals surface area contributed by atoms with Gasteiger partial charge in [-0.25, -0.2) is 0 Å². The summed E-state index contributed by atoms with van der Waals surface area (Å²) in [4.78, 5) is 10.9. The minimum Gasteiger partial charge on any atom is -0.305 e. The summed E-state index contributed by atoms with van der Waals surface area (Å²) in [5.74, 6) is 6.59. The summed E-state index contributed by atoms with van der Waals surface area (Å²) in [7, 11) is 0. The smallest absolute Gasteiger partial charge is 0.0728 e. The van der Waals surface area contributed by atoms with Gasteiger partial charge < -0.3 is 4.40 Å². The molecule has 7 atom stereocenters. The summed E-state index contributed by atoms with van der Waals surface area (Å²) in [6, 6.07) is 5.38. The Labute approximate surface area is 260 Å². The van der Waals surface area contributed by atoms with E-state index < -0.39 is 0 Å². The molecule has 5 fully saturated rings. The lowest BCUT2D eigenvalue weighted by Gasteiger charge is -2.67. The van der Waals surface area contributed by atoms with Gasteiger partial charge >= 0.3 is 0 Å². The summed E-state index contributed by atoms with van der Waals surface area (Å²) in [6.45, 7) is 7.31. The number of pyridine rings is 2. The molecule has 4 heterocycles. The summed E-state index contributed by atoms with van der Waals surface area (Å²) < 4.78 is 2.66. The Hall–Kier alpha value is -2.68. The quantitative estimate of drug-likeness (QED) is 0.212. The Morgan fingerprint density at radius 3 is 1.98 bits per heavy atom. The van der Waals surface area contributed by atoms with Crippen molar-refractivity contribution in [1.82, 2.24) is 14.4 Å². The van der Waals surface area contributed by atoms with Crippen LogP contribution in [0.3, 0.4) is 0 Å². The molecule has 3 nitrogen and oxygen atoms in total. The Balaban J connectivity index is 1.24. The zero-order valence-corrected chi connectivity index (χ0v) is 26.8. The van der Waals surface area contributed by atoms with E-state index in [-0.39, 0.29) is 5.41 Å². The highest BCUT2D eigenvalue weighted by Crippen LogP contribution is 2.82. The first kappa shape index (κ1) is 24.5. The van der Waals surface area contributed by atoms with Crippen LogP contribution in [0.25, 0.3) is 38.1 Å². The maximum absolute atomic E-state index is 5.47. The van der Waals surface area contributed by atoms with Gasteiger partial charge in [0.15, 0.2) is 0 Å². The second kappa shape index (κ2) is 7.64. The van der Waals surface area contributed by atoms with Gasteiger partial charge in [0.1, 0.15) is 0 Å². The number of hydrogen-bond acceptors (Lipinski definition) is 2. The van der Waals surface area contributed by atoms with Crippen LogP contribution in [0, 0.1) is 29.1 Å². The standard InChI is InChI=1S/C41H45N3/c1-4-40(5-2,6-3)25-14-28-35-31(18-42-37-23-10-20-7-21(11-23)9-22(8-20)33(35)37)44-32-19-43-38-30-16-27-13-26-12-24(17-41(26,27)30)34(38)36(32)29(15-25)39(28)44/h14-15,18-24,26-27,30H,4-13,16-17H2,1-3H3. The summed E-state index contributed by atoms with van der Waals surface area (Å²) >= 11 is 0. The molecule has 0 saturated heterocycles. The van der Waals surface area contributed by atoms with E-state index >= 15 is 0 Å². The Kier molecular flexibility index (Phi) is 4.26. The average Bonchev–Trinajstić information content (AvgIpc) is 3.65. The third-order valence-electron chi connectivity index (χ3n) is 16.3. The summed E-state index contributed by atoms with van der Waals surface area (Å²) in [5.41, 5.74) is 13.0. The van der Waals surface area contributed by atoms with Gasteiger partial charge in [0.25, 0.3) is 0 Å². The fourth-order valence-corrected chi connectivity index (χ4v) is 14.4. The van der Waals surface area contributed by atoms with E-state index in [1.807, 2.05) is 0 Å². The SMILES string of the molecule is CCC(CC)(CC)c1cc2c3c4c(ncc3n3c5cnc6c(c5c(c1)c23)C1CC2CC3CC6C23C1)C1CC2CC(C1)CC4C2. The molecule has 0 aliphatic heterocycles. The molecule has 1 aromatic carbocycles. The van der Waals surface area contributed by atoms with Crippen LogP contribution >= 0.6 is 0 Å². The summed E-state index contributed by atoms with van der Waals surface area (Å²) in [6.07, 6.45) is 21.0.